The Bertz CT molecular complexity index is 529. The largest absolute Gasteiger partial charge is 0.271 e. The molecule has 3 nitrogen and oxygen atoms in total. The Hall–Kier alpha value is -1.71. The standard InChI is InChI=1S/C17H23N3/c1-12(2)15-8-5-14(6-9-15)10-17(20-18)16-7-4-13(3)19-11-16/h4-9,11-12,17,20H,10,18H2,1-3H3. The molecule has 2 aromatic rings. The molecule has 3 N–H and O–H groups in total. The number of hydrogen-bond acceptors (Lipinski definition) is 3. The van der Waals surface area contributed by atoms with E-state index >= 15 is 0 Å². The molecule has 0 saturated carbocycles. The number of rotatable bonds is 5. The molecule has 0 fully saturated rings. The van der Waals surface area contributed by atoms with E-state index in [1.807, 2.05) is 19.2 Å². The fourth-order valence-corrected chi connectivity index (χ4v) is 2.23. The van der Waals surface area contributed by atoms with Crippen molar-refractivity contribution in [3.63, 3.8) is 0 Å². The molecule has 0 spiro atoms. The van der Waals surface area contributed by atoms with E-state index in [9.17, 15) is 0 Å². The van der Waals surface area contributed by atoms with Gasteiger partial charge in [0.05, 0.1) is 6.04 Å². The highest BCUT2D eigenvalue weighted by Crippen LogP contribution is 2.20. The normalized spacial score (nSPS) is 12.7. The van der Waals surface area contributed by atoms with Crippen LogP contribution in [0.4, 0.5) is 0 Å². The molecule has 20 heavy (non-hydrogen) atoms. The molecule has 0 saturated heterocycles. The maximum atomic E-state index is 5.69. The minimum Gasteiger partial charge on any atom is -0.271 e. The molecule has 0 aliphatic heterocycles. The number of nitrogens with one attached hydrogen (secondary N) is 1. The number of aryl methyl sites for hydroxylation is 1. The van der Waals surface area contributed by atoms with Gasteiger partial charge in [0.2, 0.25) is 0 Å². The summed E-state index contributed by atoms with van der Waals surface area (Å²) in [5.41, 5.74) is 7.66. The topological polar surface area (TPSA) is 50.9 Å². The lowest BCUT2D eigenvalue weighted by molar-refractivity contribution is 0.550. The van der Waals surface area contributed by atoms with E-state index in [1.54, 1.807) is 0 Å². The molecule has 0 bridgehead atoms. The van der Waals surface area contributed by atoms with Crippen LogP contribution in [-0.2, 0) is 6.42 Å². The maximum Gasteiger partial charge on any atom is 0.0515 e. The Morgan fingerprint density at radius 3 is 2.20 bits per heavy atom. The van der Waals surface area contributed by atoms with E-state index in [0.717, 1.165) is 17.7 Å². The third-order valence-corrected chi connectivity index (χ3v) is 3.62. The van der Waals surface area contributed by atoms with Crippen molar-refractivity contribution in [1.29, 1.82) is 0 Å². The molecule has 0 amide bonds. The lowest BCUT2D eigenvalue weighted by atomic mass is 9.97. The zero-order chi connectivity index (χ0) is 14.5. The minimum absolute atomic E-state index is 0.0907. The van der Waals surface area contributed by atoms with Crippen molar-refractivity contribution in [3.05, 3.63) is 65.0 Å². The van der Waals surface area contributed by atoms with E-state index < -0.39 is 0 Å². The lowest BCUT2D eigenvalue weighted by Crippen LogP contribution is -2.29. The van der Waals surface area contributed by atoms with Crippen LogP contribution in [0.1, 0.15) is 48.2 Å². The molecule has 2 rings (SSSR count). The van der Waals surface area contributed by atoms with Gasteiger partial charge in [0.15, 0.2) is 0 Å². The van der Waals surface area contributed by atoms with Crippen molar-refractivity contribution in [2.45, 2.75) is 39.2 Å². The zero-order valence-electron chi connectivity index (χ0n) is 12.4. The molecule has 1 atom stereocenters. The predicted molar refractivity (Wildman–Crippen MR) is 83.3 cm³/mol. The molecule has 1 heterocycles. The Balaban J connectivity index is 2.11. The van der Waals surface area contributed by atoms with Gasteiger partial charge in [0, 0.05) is 11.9 Å². The number of benzene rings is 1. The minimum atomic E-state index is 0.0907. The Labute approximate surface area is 121 Å². The second-order valence-corrected chi connectivity index (χ2v) is 5.55. The molecular formula is C17H23N3. The Morgan fingerprint density at radius 2 is 1.70 bits per heavy atom. The highest BCUT2D eigenvalue weighted by Gasteiger charge is 2.11. The number of hydrazine groups is 1. The SMILES string of the molecule is Cc1ccc(C(Cc2ccc(C(C)C)cc2)NN)cn1. The van der Waals surface area contributed by atoms with Crippen molar-refractivity contribution < 1.29 is 0 Å². The number of pyridine rings is 1. The number of aromatic nitrogens is 1. The molecular weight excluding hydrogens is 246 g/mol. The molecule has 1 unspecified atom stereocenters. The zero-order valence-corrected chi connectivity index (χ0v) is 12.4. The summed E-state index contributed by atoms with van der Waals surface area (Å²) in [7, 11) is 0. The van der Waals surface area contributed by atoms with E-state index in [4.69, 9.17) is 5.84 Å². The summed E-state index contributed by atoms with van der Waals surface area (Å²) in [5.74, 6) is 6.25. The van der Waals surface area contributed by atoms with Gasteiger partial charge in [-0.25, -0.2) is 0 Å². The fraction of sp³-hybridized carbons (Fsp3) is 0.353. The summed E-state index contributed by atoms with van der Waals surface area (Å²) in [6.45, 7) is 6.40. The molecule has 3 heteroatoms. The smallest absolute Gasteiger partial charge is 0.0515 e. The van der Waals surface area contributed by atoms with E-state index in [2.05, 4.69) is 54.6 Å². The average Bonchev–Trinajstić information content (AvgIpc) is 2.46. The van der Waals surface area contributed by atoms with Crippen molar-refractivity contribution in [1.82, 2.24) is 10.4 Å². The highest BCUT2D eigenvalue weighted by atomic mass is 15.2. The van der Waals surface area contributed by atoms with Crippen molar-refractivity contribution in [2.24, 2.45) is 5.84 Å². The van der Waals surface area contributed by atoms with Gasteiger partial charge in [-0.3, -0.25) is 16.3 Å². The first kappa shape index (κ1) is 14.7. The van der Waals surface area contributed by atoms with Gasteiger partial charge >= 0.3 is 0 Å². The first-order chi connectivity index (χ1) is 9.60. The Kier molecular flexibility index (Phi) is 4.88. The summed E-state index contributed by atoms with van der Waals surface area (Å²) in [5, 5.41) is 0. The van der Waals surface area contributed by atoms with Gasteiger partial charge in [-0.2, -0.15) is 0 Å². The fourth-order valence-electron chi connectivity index (χ4n) is 2.23. The van der Waals surface area contributed by atoms with Crippen LogP contribution in [0, 0.1) is 6.92 Å². The van der Waals surface area contributed by atoms with Crippen LogP contribution >= 0.6 is 0 Å². The Morgan fingerprint density at radius 1 is 1.05 bits per heavy atom. The summed E-state index contributed by atoms with van der Waals surface area (Å²) < 4.78 is 0. The summed E-state index contributed by atoms with van der Waals surface area (Å²) in [4.78, 5) is 4.33. The van der Waals surface area contributed by atoms with Gasteiger partial charge < -0.3 is 0 Å². The van der Waals surface area contributed by atoms with Crippen molar-refractivity contribution >= 4 is 0 Å². The van der Waals surface area contributed by atoms with Gasteiger partial charge in [-0.15, -0.1) is 0 Å². The molecule has 0 radical (unpaired) electrons. The summed E-state index contributed by atoms with van der Waals surface area (Å²) in [6, 6.07) is 12.9. The van der Waals surface area contributed by atoms with Crippen LogP contribution in [0.25, 0.3) is 0 Å². The quantitative estimate of drug-likeness (QED) is 0.647. The van der Waals surface area contributed by atoms with Crippen LogP contribution in [-0.4, -0.2) is 4.98 Å². The van der Waals surface area contributed by atoms with Crippen molar-refractivity contribution in [2.75, 3.05) is 0 Å². The first-order valence-corrected chi connectivity index (χ1v) is 7.07. The second-order valence-electron chi connectivity index (χ2n) is 5.55. The maximum absolute atomic E-state index is 5.69. The predicted octanol–water partition coefficient (Wildman–Crippen LogP) is 3.26. The number of nitrogens with zero attached hydrogens (tertiary/aromatic N) is 1. The van der Waals surface area contributed by atoms with Gasteiger partial charge in [0.1, 0.15) is 0 Å². The second kappa shape index (κ2) is 6.64. The molecule has 1 aromatic carbocycles. The molecule has 0 aliphatic carbocycles. The first-order valence-electron chi connectivity index (χ1n) is 7.07. The van der Waals surface area contributed by atoms with Gasteiger partial charge in [-0.05, 0) is 42.0 Å². The van der Waals surface area contributed by atoms with Crippen LogP contribution in [0.3, 0.4) is 0 Å². The molecule has 1 aromatic heterocycles. The van der Waals surface area contributed by atoms with E-state index in [0.29, 0.717) is 5.92 Å². The third kappa shape index (κ3) is 3.65. The van der Waals surface area contributed by atoms with E-state index in [1.165, 1.54) is 11.1 Å². The summed E-state index contributed by atoms with van der Waals surface area (Å²) >= 11 is 0. The third-order valence-electron chi connectivity index (χ3n) is 3.62. The van der Waals surface area contributed by atoms with Crippen LogP contribution in [0.5, 0.6) is 0 Å². The highest BCUT2D eigenvalue weighted by molar-refractivity contribution is 5.27. The lowest BCUT2D eigenvalue weighted by Gasteiger charge is -2.17. The van der Waals surface area contributed by atoms with Gasteiger partial charge in [-0.1, -0.05) is 44.2 Å². The van der Waals surface area contributed by atoms with Crippen molar-refractivity contribution in [3.8, 4) is 0 Å². The van der Waals surface area contributed by atoms with Crippen LogP contribution in [0.15, 0.2) is 42.6 Å². The number of nitrogens with two attached hydrogens (primary N) is 1. The molecule has 0 aliphatic rings. The average molecular weight is 269 g/mol. The number of hydrogen-bond donors (Lipinski definition) is 2. The monoisotopic (exact) mass is 269 g/mol. The molecule has 106 valence electrons. The van der Waals surface area contributed by atoms with E-state index in [-0.39, 0.29) is 6.04 Å². The van der Waals surface area contributed by atoms with Gasteiger partial charge in [0.25, 0.3) is 0 Å². The van der Waals surface area contributed by atoms with Crippen LogP contribution in [0.2, 0.25) is 0 Å². The summed E-state index contributed by atoms with van der Waals surface area (Å²) in [6.07, 6.45) is 2.75. The van der Waals surface area contributed by atoms with Crippen LogP contribution < -0.4 is 11.3 Å².